The average molecular weight is 434 g/mol. The summed E-state index contributed by atoms with van der Waals surface area (Å²) in [4.78, 5) is 24.0. The summed E-state index contributed by atoms with van der Waals surface area (Å²) < 4.78 is 37.2. The van der Waals surface area contributed by atoms with Crippen LogP contribution in [0.4, 0.5) is 20.3 Å². The fourth-order valence-electron chi connectivity index (χ4n) is 1.69. The predicted molar refractivity (Wildman–Crippen MR) is 104 cm³/mol. The molecular weight excluding hydrogens is 417 g/mol. The zero-order valence-electron chi connectivity index (χ0n) is 14.2. The van der Waals surface area contributed by atoms with Crippen molar-refractivity contribution in [1.29, 1.82) is 0 Å². The van der Waals surface area contributed by atoms with Crippen molar-refractivity contribution >= 4 is 60.9 Å². The van der Waals surface area contributed by atoms with E-state index in [1.165, 1.54) is 24.3 Å². The topological polar surface area (TPSA) is 130 Å². The highest BCUT2D eigenvalue weighted by atomic mass is 32.2. The lowest BCUT2D eigenvalue weighted by Crippen LogP contribution is -2.25. The van der Waals surface area contributed by atoms with Crippen LogP contribution in [0.2, 0.25) is 0 Å². The number of anilines is 3. The monoisotopic (exact) mass is 433 g/mol. The maximum atomic E-state index is 12.8. The van der Waals surface area contributed by atoms with Crippen LogP contribution in [-0.2, 0) is 19.6 Å². The van der Waals surface area contributed by atoms with E-state index in [0.717, 1.165) is 29.4 Å². The summed E-state index contributed by atoms with van der Waals surface area (Å²) in [6, 6.07) is 5.33. The van der Waals surface area contributed by atoms with Crippen LogP contribution >= 0.6 is 23.1 Å². The van der Waals surface area contributed by atoms with Gasteiger partial charge in [-0.05, 0) is 31.2 Å². The zero-order chi connectivity index (χ0) is 20.0. The van der Waals surface area contributed by atoms with E-state index in [9.17, 15) is 22.4 Å². The summed E-state index contributed by atoms with van der Waals surface area (Å²) in [7, 11) is -3.48. The molecule has 146 valence electrons. The Balaban J connectivity index is 1.79. The lowest BCUT2D eigenvalue weighted by molar-refractivity contribution is -0.115. The second-order valence-corrected chi connectivity index (χ2v) is 9.34. The van der Waals surface area contributed by atoms with Gasteiger partial charge < -0.3 is 5.32 Å². The van der Waals surface area contributed by atoms with Gasteiger partial charge in [0.25, 0.3) is 0 Å². The summed E-state index contributed by atoms with van der Waals surface area (Å²) in [6.45, 7) is 1.61. The number of sulfonamides is 1. The van der Waals surface area contributed by atoms with E-state index in [0.29, 0.717) is 5.69 Å². The van der Waals surface area contributed by atoms with Gasteiger partial charge in [0.05, 0.1) is 17.3 Å². The SMILES string of the molecule is CC(SCC(=O)Nc1ccc(F)cc1)C(=O)Nc1nnc(NS(C)(=O)=O)s1. The van der Waals surface area contributed by atoms with Crippen LogP contribution in [-0.4, -0.2) is 47.7 Å². The molecule has 0 aliphatic carbocycles. The molecular formula is C14H16FN5O4S3. The molecule has 3 N–H and O–H groups in total. The van der Waals surface area contributed by atoms with Crippen molar-refractivity contribution in [2.24, 2.45) is 0 Å². The standard InChI is InChI=1S/C14H16FN5O4S3/c1-8(25-7-11(21)16-10-5-3-9(15)4-6-10)12(22)17-13-18-19-14(26-13)20-27(2,23)24/h3-6,8H,7H2,1-2H3,(H,16,21)(H,19,20)(H,17,18,22). The Morgan fingerprint density at radius 2 is 1.81 bits per heavy atom. The fourth-order valence-corrected chi connectivity index (χ4v) is 3.85. The molecule has 1 aromatic heterocycles. The van der Waals surface area contributed by atoms with Crippen LogP contribution in [0.5, 0.6) is 0 Å². The second-order valence-electron chi connectivity index (χ2n) is 5.28. The Morgan fingerprint density at radius 3 is 2.44 bits per heavy atom. The molecule has 0 aliphatic heterocycles. The maximum absolute atomic E-state index is 12.8. The molecule has 0 fully saturated rings. The molecule has 0 bridgehead atoms. The number of amides is 2. The first-order valence-electron chi connectivity index (χ1n) is 7.41. The Morgan fingerprint density at radius 1 is 1.19 bits per heavy atom. The third-order valence-electron chi connectivity index (χ3n) is 2.89. The van der Waals surface area contributed by atoms with Crippen molar-refractivity contribution < 1.29 is 22.4 Å². The molecule has 0 radical (unpaired) electrons. The number of carbonyl (C=O) groups excluding carboxylic acids is 2. The van der Waals surface area contributed by atoms with Crippen LogP contribution in [0.25, 0.3) is 0 Å². The molecule has 1 unspecified atom stereocenters. The highest BCUT2D eigenvalue weighted by Gasteiger charge is 2.18. The number of rotatable bonds is 8. The average Bonchev–Trinajstić information content (AvgIpc) is 2.99. The molecule has 1 heterocycles. The number of hydrogen-bond acceptors (Lipinski definition) is 8. The van der Waals surface area contributed by atoms with Gasteiger partial charge >= 0.3 is 0 Å². The minimum Gasteiger partial charge on any atom is -0.325 e. The van der Waals surface area contributed by atoms with E-state index in [1.54, 1.807) is 6.92 Å². The van der Waals surface area contributed by atoms with Crippen LogP contribution in [0, 0.1) is 5.82 Å². The summed E-state index contributed by atoms with van der Waals surface area (Å²) in [5, 5.41) is 12.0. The molecule has 0 aliphatic rings. The van der Waals surface area contributed by atoms with Crippen molar-refractivity contribution in [2.75, 3.05) is 27.4 Å². The molecule has 2 aromatic rings. The van der Waals surface area contributed by atoms with Gasteiger partial charge in [0.2, 0.25) is 32.1 Å². The van der Waals surface area contributed by atoms with Gasteiger partial charge in [0.15, 0.2) is 0 Å². The highest BCUT2D eigenvalue weighted by molar-refractivity contribution is 8.01. The number of benzene rings is 1. The Labute approximate surface area is 163 Å². The zero-order valence-corrected chi connectivity index (χ0v) is 16.7. The number of carbonyl (C=O) groups is 2. The lowest BCUT2D eigenvalue weighted by atomic mass is 10.3. The first-order chi connectivity index (χ1) is 12.6. The quantitative estimate of drug-likeness (QED) is 0.578. The first kappa shape index (κ1) is 21.1. The molecule has 13 heteroatoms. The van der Waals surface area contributed by atoms with Gasteiger partial charge in [0.1, 0.15) is 5.82 Å². The van der Waals surface area contributed by atoms with Crippen molar-refractivity contribution in [1.82, 2.24) is 10.2 Å². The molecule has 0 spiro atoms. The van der Waals surface area contributed by atoms with Crippen LogP contribution in [0.3, 0.4) is 0 Å². The summed E-state index contributed by atoms with van der Waals surface area (Å²) >= 11 is 1.97. The van der Waals surface area contributed by atoms with E-state index >= 15 is 0 Å². The molecule has 27 heavy (non-hydrogen) atoms. The Kier molecular flexibility index (Phi) is 7.10. The number of nitrogens with one attached hydrogen (secondary N) is 3. The third-order valence-corrected chi connectivity index (χ3v) is 5.48. The van der Waals surface area contributed by atoms with Crippen molar-refractivity contribution in [3.63, 3.8) is 0 Å². The molecule has 2 rings (SSSR count). The van der Waals surface area contributed by atoms with E-state index < -0.39 is 27.0 Å². The third kappa shape index (κ3) is 7.48. The van der Waals surface area contributed by atoms with E-state index in [-0.39, 0.29) is 21.9 Å². The van der Waals surface area contributed by atoms with Gasteiger partial charge in [-0.15, -0.1) is 22.0 Å². The second kappa shape index (κ2) is 9.10. The number of halogens is 1. The van der Waals surface area contributed by atoms with Crippen molar-refractivity contribution in [2.45, 2.75) is 12.2 Å². The molecule has 0 saturated heterocycles. The largest absolute Gasteiger partial charge is 0.325 e. The number of thioether (sulfide) groups is 1. The van der Waals surface area contributed by atoms with Crippen LogP contribution < -0.4 is 15.4 Å². The normalized spacial score (nSPS) is 12.3. The molecule has 2 amide bonds. The predicted octanol–water partition coefficient (Wildman–Crippen LogP) is 1.75. The highest BCUT2D eigenvalue weighted by Crippen LogP contribution is 2.22. The summed E-state index contributed by atoms with van der Waals surface area (Å²) in [5.74, 6) is -1.12. The fraction of sp³-hybridized carbons (Fsp3) is 0.286. The molecule has 1 atom stereocenters. The van der Waals surface area contributed by atoms with Crippen LogP contribution in [0.1, 0.15) is 6.92 Å². The van der Waals surface area contributed by atoms with E-state index in [4.69, 9.17) is 0 Å². The van der Waals surface area contributed by atoms with Crippen molar-refractivity contribution in [3.8, 4) is 0 Å². The minimum atomic E-state index is -3.48. The summed E-state index contributed by atoms with van der Waals surface area (Å²) in [6.07, 6.45) is 0.975. The van der Waals surface area contributed by atoms with Gasteiger partial charge in [-0.1, -0.05) is 11.3 Å². The van der Waals surface area contributed by atoms with Crippen molar-refractivity contribution in [3.05, 3.63) is 30.1 Å². The lowest BCUT2D eigenvalue weighted by Gasteiger charge is -2.10. The van der Waals surface area contributed by atoms with Crippen LogP contribution in [0.15, 0.2) is 24.3 Å². The van der Waals surface area contributed by atoms with Gasteiger partial charge in [-0.3, -0.25) is 19.6 Å². The van der Waals surface area contributed by atoms with Gasteiger partial charge in [-0.2, -0.15) is 0 Å². The van der Waals surface area contributed by atoms with E-state index in [2.05, 4.69) is 25.6 Å². The Bertz CT molecular complexity index is 917. The summed E-state index contributed by atoms with van der Waals surface area (Å²) in [5.41, 5.74) is 0.457. The first-order valence-corrected chi connectivity index (χ1v) is 11.2. The van der Waals surface area contributed by atoms with Gasteiger partial charge in [0, 0.05) is 5.69 Å². The smallest absolute Gasteiger partial charge is 0.239 e. The van der Waals surface area contributed by atoms with Gasteiger partial charge in [-0.25, -0.2) is 12.8 Å². The number of nitrogens with zero attached hydrogens (tertiary/aromatic N) is 2. The minimum absolute atomic E-state index is 0.0168. The molecule has 9 nitrogen and oxygen atoms in total. The number of aromatic nitrogens is 2. The Hall–Kier alpha value is -2.25. The molecule has 1 aromatic carbocycles. The maximum Gasteiger partial charge on any atom is 0.239 e. The molecule has 0 saturated carbocycles. The van der Waals surface area contributed by atoms with E-state index in [1.807, 2.05) is 0 Å². The number of hydrogen-bond donors (Lipinski definition) is 3.